The van der Waals surface area contributed by atoms with E-state index in [1.54, 1.807) is 13.2 Å². The van der Waals surface area contributed by atoms with Gasteiger partial charge in [-0.2, -0.15) is 0 Å². The molecule has 1 aromatic rings. The molecule has 0 aromatic heterocycles. The van der Waals surface area contributed by atoms with Gasteiger partial charge in [-0.25, -0.2) is 0 Å². The van der Waals surface area contributed by atoms with Gasteiger partial charge in [0.15, 0.2) is 8.32 Å². The molecule has 0 heterocycles. The Morgan fingerprint density at radius 3 is 2.33 bits per heavy atom. The molecule has 1 N–H and O–H groups in total. The molecule has 0 spiro atoms. The Kier molecular flexibility index (Phi) is 11.0. The summed E-state index contributed by atoms with van der Waals surface area (Å²) in [5.41, 5.74) is 1.09. The van der Waals surface area contributed by atoms with Crippen LogP contribution in [0.1, 0.15) is 46.1 Å². The number of aliphatic hydroxyl groups excluding tert-OH is 1. The van der Waals surface area contributed by atoms with Crippen molar-refractivity contribution in [3.05, 3.63) is 42.0 Å². The third-order valence-corrected chi connectivity index (χ3v) is 10.3. The van der Waals surface area contributed by atoms with Gasteiger partial charge in [0.05, 0.1) is 32.5 Å². The van der Waals surface area contributed by atoms with Gasteiger partial charge in [0, 0.05) is 5.92 Å². The third kappa shape index (κ3) is 9.12. The first-order chi connectivity index (χ1) is 14.0. The maximum atomic E-state index is 10.5. The molecule has 3 atom stereocenters. The quantitative estimate of drug-likeness (QED) is 0.264. The highest BCUT2D eigenvalue weighted by atomic mass is 28.4. The van der Waals surface area contributed by atoms with Gasteiger partial charge in [-0.3, -0.25) is 4.79 Å². The number of allylic oxidation sites excluding steroid dienone is 1. The van der Waals surface area contributed by atoms with Crippen molar-refractivity contribution in [2.45, 2.75) is 77.5 Å². The number of hydrogen-bond donors (Lipinski definition) is 1. The molecular weight excluding hydrogens is 396 g/mol. The van der Waals surface area contributed by atoms with E-state index in [9.17, 15) is 9.90 Å². The van der Waals surface area contributed by atoms with Crippen molar-refractivity contribution in [3.8, 4) is 5.75 Å². The number of methoxy groups -OCH3 is 1. The number of ether oxygens (including phenoxy) is 2. The highest BCUT2D eigenvalue weighted by molar-refractivity contribution is 6.74. The molecule has 0 saturated carbocycles. The smallest absolute Gasteiger partial charge is 0.192 e. The summed E-state index contributed by atoms with van der Waals surface area (Å²) in [5, 5.41) is 10.5. The van der Waals surface area contributed by atoms with Crippen LogP contribution in [0.3, 0.4) is 0 Å². The topological polar surface area (TPSA) is 65.0 Å². The first-order valence-corrected chi connectivity index (χ1v) is 13.6. The minimum atomic E-state index is -2.00. The van der Waals surface area contributed by atoms with E-state index < -0.39 is 14.4 Å². The first kappa shape index (κ1) is 26.6. The van der Waals surface area contributed by atoms with Crippen LogP contribution in [0, 0.1) is 5.92 Å². The Bertz CT molecular complexity index is 649. The van der Waals surface area contributed by atoms with E-state index in [0.717, 1.165) is 17.6 Å². The lowest BCUT2D eigenvalue weighted by molar-refractivity contribution is -0.104. The molecule has 0 aliphatic rings. The monoisotopic (exact) mass is 436 g/mol. The fourth-order valence-electron chi connectivity index (χ4n) is 2.80. The van der Waals surface area contributed by atoms with Crippen LogP contribution in [0.25, 0.3) is 0 Å². The van der Waals surface area contributed by atoms with Gasteiger partial charge < -0.3 is 19.0 Å². The van der Waals surface area contributed by atoms with Gasteiger partial charge in [0.1, 0.15) is 12.0 Å². The largest absolute Gasteiger partial charge is 0.497 e. The average molecular weight is 437 g/mol. The fraction of sp³-hybridized carbons (Fsp3) is 0.625. The van der Waals surface area contributed by atoms with Crippen molar-refractivity contribution in [1.82, 2.24) is 0 Å². The van der Waals surface area contributed by atoms with Gasteiger partial charge in [0.25, 0.3) is 0 Å². The van der Waals surface area contributed by atoms with E-state index in [2.05, 4.69) is 40.8 Å². The van der Waals surface area contributed by atoms with Crippen LogP contribution in [-0.4, -0.2) is 45.6 Å². The second-order valence-electron chi connectivity index (χ2n) is 9.45. The van der Waals surface area contributed by atoms with Crippen LogP contribution >= 0.6 is 0 Å². The molecule has 0 amide bonds. The molecule has 0 fully saturated rings. The molecule has 0 aliphatic heterocycles. The number of aliphatic hydroxyl groups is 1. The van der Waals surface area contributed by atoms with Crippen molar-refractivity contribution in [1.29, 1.82) is 0 Å². The van der Waals surface area contributed by atoms with Gasteiger partial charge in [-0.15, -0.1) is 0 Å². The standard InChI is InChI=1S/C24H40O5Si/c1-19(17-28-18-20-11-13-22(27-5)14-12-20)23(16-21(26)10-8-9-15-25)29-30(6,7)24(2,3)4/h8-9,11-15,19,21,23,26H,10,16-18H2,1-7H3/b9-8+/t19-,21-,23-/m0/s1. The van der Waals surface area contributed by atoms with Crippen LogP contribution < -0.4 is 4.74 Å². The van der Waals surface area contributed by atoms with E-state index in [1.165, 1.54) is 6.08 Å². The predicted octanol–water partition coefficient (Wildman–Crippen LogP) is 5.13. The first-order valence-electron chi connectivity index (χ1n) is 10.7. The van der Waals surface area contributed by atoms with E-state index in [1.807, 2.05) is 24.3 Å². The van der Waals surface area contributed by atoms with Crippen molar-refractivity contribution < 1.29 is 23.8 Å². The second kappa shape index (κ2) is 12.4. The molecular formula is C24H40O5Si. The minimum Gasteiger partial charge on any atom is -0.497 e. The summed E-state index contributed by atoms with van der Waals surface area (Å²) in [5.74, 6) is 0.953. The van der Waals surface area contributed by atoms with Crippen LogP contribution in [-0.2, 0) is 20.6 Å². The summed E-state index contributed by atoms with van der Waals surface area (Å²) in [6, 6.07) is 7.84. The van der Waals surface area contributed by atoms with E-state index in [-0.39, 0.29) is 17.1 Å². The number of hydrogen-bond acceptors (Lipinski definition) is 5. The Labute approximate surface area is 183 Å². The summed E-state index contributed by atoms with van der Waals surface area (Å²) in [6.45, 7) is 14.3. The van der Waals surface area contributed by atoms with Crippen molar-refractivity contribution in [2.75, 3.05) is 13.7 Å². The average Bonchev–Trinajstić information content (AvgIpc) is 2.67. The number of aldehydes is 1. The number of benzene rings is 1. The summed E-state index contributed by atoms with van der Waals surface area (Å²) >= 11 is 0. The lowest BCUT2D eigenvalue weighted by atomic mass is 9.98. The van der Waals surface area contributed by atoms with E-state index in [0.29, 0.717) is 26.1 Å². The van der Waals surface area contributed by atoms with Crippen molar-refractivity contribution in [3.63, 3.8) is 0 Å². The summed E-state index contributed by atoms with van der Waals surface area (Å²) in [7, 11) is -0.353. The summed E-state index contributed by atoms with van der Waals surface area (Å²) < 4.78 is 17.8. The van der Waals surface area contributed by atoms with Gasteiger partial charge in [-0.1, -0.05) is 45.9 Å². The third-order valence-electron chi connectivity index (χ3n) is 5.82. The molecule has 0 saturated heterocycles. The van der Waals surface area contributed by atoms with Crippen molar-refractivity contribution in [2.24, 2.45) is 5.92 Å². The molecule has 0 unspecified atom stereocenters. The Morgan fingerprint density at radius 2 is 1.80 bits per heavy atom. The SMILES string of the molecule is COc1ccc(COC[C@H](C)[C@H](C[C@@H](O)C/C=C/C=O)O[Si](C)(C)C(C)(C)C)cc1. The summed E-state index contributed by atoms with van der Waals surface area (Å²) in [4.78, 5) is 10.5. The number of carbonyl (C=O) groups excluding carboxylic acids is 1. The zero-order chi connectivity index (χ0) is 22.8. The van der Waals surface area contributed by atoms with E-state index >= 15 is 0 Å². The Hall–Kier alpha value is -1.47. The van der Waals surface area contributed by atoms with Crippen LogP contribution in [0.5, 0.6) is 5.75 Å². The Morgan fingerprint density at radius 1 is 1.17 bits per heavy atom. The molecule has 1 rings (SSSR count). The maximum Gasteiger partial charge on any atom is 0.192 e. The van der Waals surface area contributed by atoms with Gasteiger partial charge >= 0.3 is 0 Å². The van der Waals surface area contributed by atoms with E-state index in [4.69, 9.17) is 13.9 Å². The summed E-state index contributed by atoms with van der Waals surface area (Å²) in [6.07, 6.45) is 4.14. The minimum absolute atomic E-state index is 0.0806. The second-order valence-corrected chi connectivity index (χ2v) is 14.2. The number of rotatable bonds is 13. The molecule has 0 radical (unpaired) electrons. The van der Waals surface area contributed by atoms with Crippen LogP contribution in [0.15, 0.2) is 36.4 Å². The molecule has 1 aromatic carbocycles. The Balaban J connectivity index is 2.74. The van der Waals surface area contributed by atoms with Crippen LogP contribution in [0.4, 0.5) is 0 Å². The molecule has 0 bridgehead atoms. The normalized spacial score (nSPS) is 15.7. The molecule has 30 heavy (non-hydrogen) atoms. The maximum absolute atomic E-state index is 10.5. The molecule has 6 heteroatoms. The van der Waals surface area contributed by atoms with Gasteiger partial charge in [-0.05, 0) is 54.7 Å². The number of carbonyl (C=O) groups is 1. The van der Waals surface area contributed by atoms with Crippen LogP contribution in [0.2, 0.25) is 18.1 Å². The molecule has 170 valence electrons. The predicted molar refractivity (Wildman–Crippen MR) is 124 cm³/mol. The highest BCUT2D eigenvalue weighted by Gasteiger charge is 2.40. The lowest BCUT2D eigenvalue weighted by Crippen LogP contribution is -2.47. The zero-order valence-electron chi connectivity index (χ0n) is 19.7. The fourth-order valence-corrected chi connectivity index (χ4v) is 4.24. The van der Waals surface area contributed by atoms with Gasteiger partial charge in [0.2, 0.25) is 0 Å². The van der Waals surface area contributed by atoms with Crippen molar-refractivity contribution >= 4 is 14.6 Å². The zero-order valence-corrected chi connectivity index (χ0v) is 20.7. The highest BCUT2D eigenvalue weighted by Crippen LogP contribution is 2.38. The molecule has 0 aliphatic carbocycles. The molecule has 5 nitrogen and oxygen atoms in total. The lowest BCUT2D eigenvalue weighted by Gasteiger charge is -2.41.